The number of hydrogen-bond donors (Lipinski definition) is 2. The highest BCUT2D eigenvalue weighted by molar-refractivity contribution is 5.84. The fourth-order valence-corrected chi connectivity index (χ4v) is 1.91. The van der Waals surface area contributed by atoms with Crippen LogP contribution in [-0.4, -0.2) is 17.0 Å². The lowest BCUT2D eigenvalue weighted by Crippen LogP contribution is -2.35. The monoisotopic (exact) mass is 299 g/mol. The van der Waals surface area contributed by atoms with Gasteiger partial charge in [0.2, 0.25) is 5.91 Å². The highest BCUT2D eigenvalue weighted by Crippen LogP contribution is 2.24. The number of aliphatic carboxylic acids is 1. The number of carbonyl (C=O) groups excluding carboxylic acids is 1. The van der Waals surface area contributed by atoms with Crippen LogP contribution in [-0.2, 0) is 9.59 Å². The first-order valence-electron chi connectivity index (χ1n) is 6.65. The van der Waals surface area contributed by atoms with Gasteiger partial charge in [-0.15, -0.1) is 0 Å². The molecule has 0 radical (unpaired) electrons. The number of halogens is 2. The summed E-state index contributed by atoms with van der Waals surface area (Å²) in [6, 6.07) is 2.53. The van der Waals surface area contributed by atoms with Crippen molar-refractivity contribution >= 4 is 11.9 Å². The molecule has 1 unspecified atom stereocenters. The zero-order valence-electron chi connectivity index (χ0n) is 12.2. The second-order valence-electron chi connectivity index (χ2n) is 5.56. The van der Waals surface area contributed by atoms with E-state index in [1.807, 2.05) is 0 Å². The molecule has 6 heteroatoms. The summed E-state index contributed by atoms with van der Waals surface area (Å²) < 4.78 is 26.6. The van der Waals surface area contributed by atoms with E-state index in [9.17, 15) is 18.4 Å². The van der Waals surface area contributed by atoms with Crippen LogP contribution in [0.4, 0.5) is 8.78 Å². The minimum Gasteiger partial charge on any atom is -0.481 e. The van der Waals surface area contributed by atoms with Crippen molar-refractivity contribution in [1.82, 2.24) is 5.32 Å². The number of carboxylic acids is 1. The predicted octanol–water partition coefficient (Wildman–Crippen LogP) is 3.03. The molecular formula is C15H19F2NO3. The van der Waals surface area contributed by atoms with Gasteiger partial charge in [-0.3, -0.25) is 9.59 Å². The average Bonchev–Trinajstić information content (AvgIpc) is 2.35. The minimum atomic E-state index is -1.20. The van der Waals surface area contributed by atoms with Gasteiger partial charge in [0.15, 0.2) is 0 Å². The fraction of sp³-hybridized carbons (Fsp3) is 0.467. The Morgan fingerprint density at radius 3 is 2.43 bits per heavy atom. The second kappa shape index (κ2) is 6.65. The molecule has 1 rings (SSSR count). The third kappa shape index (κ3) is 4.51. The zero-order valence-corrected chi connectivity index (χ0v) is 12.2. The van der Waals surface area contributed by atoms with Crippen LogP contribution >= 0.6 is 0 Å². The van der Waals surface area contributed by atoms with E-state index in [4.69, 9.17) is 5.11 Å². The van der Waals surface area contributed by atoms with Gasteiger partial charge < -0.3 is 10.4 Å². The molecule has 21 heavy (non-hydrogen) atoms. The highest BCUT2D eigenvalue weighted by Gasteiger charge is 2.31. The molecule has 1 aromatic rings. The molecule has 0 saturated carbocycles. The Morgan fingerprint density at radius 1 is 1.33 bits per heavy atom. The van der Waals surface area contributed by atoms with E-state index in [2.05, 4.69) is 5.32 Å². The largest absolute Gasteiger partial charge is 0.481 e. The molecule has 1 aromatic carbocycles. The predicted molar refractivity (Wildman–Crippen MR) is 73.6 cm³/mol. The molecule has 0 bridgehead atoms. The molecular weight excluding hydrogens is 280 g/mol. The van der Waals surface area contributed by atoms with Crippen LogP contribution in [0.3, 0.4) is 0 Å². The fourth-order valence-electron chi connectivity index (χ4n) is 1.91. The van der Waals surface area contributed by atoms with E-state index < -0.39 is 35.0 Å². The van der Waals surface area contributed by atoms with Gasteiger partial charge in [-0.05, 0) is 26.3 Å². The quantitative estimate of drug-likeness (QED) is 0.848. The Balaban J connectivity index is 2.83. The van der Waals surface area contributed by atoms with E-state index in [0.29, 0.717) is 6.42 Å². The number of benzene rings is 1. The second-order valence-corrected chi connectivity index (χ2v) is 5.56. The maximum Gasteiger partial charge on any atom is 0.309 e. The summed E-state index contributed by atoms with van der Waals surface area (Å²) in [4.78, 5) is 22.9. The normalized spacial score (nSPS) is 12.8. The van der Waals surface area contributed by atoms with Gasteiger partial charge in [0.1, 0.15) is 11.6 Å². The number of carbonyl (C=O) groups is 2. The molecule has 1 amide bonds. The number of hydrogen-bond acceptors (Lipinski definition) is 2. The van der Waals surface area contributed by atoms with Gasteiger partial charge in [0.05, 0.1) is 11.5 Å². The van der Waals surface area contributed by atoms with Crippen LogP contribution < -0.4 is 5.32 Å². The van der Waals surface area contributed by atoms with Crippen molar-refractivity contribution < 1.29 is 23.5 Å². The molecule has 0 heterocycles. The van der Waals surface area contributed by atoms with E-state index in [-0.39, 0.29) is 12.0 Å². The molecule has 0 fully saturated rings. The SMILES string of the molecule is CCC(NC(=O)CC(C)(C)C(=O)O)c1ccc(F)cc1F. The lowest BCUT2D eigenvalue weighted by molar-refractivity contribution is -0.149. The third-order valence-corrected chi connectivity index (χ3v) is 3.26. The molecule has 1 atom stereocenters. The van der Waals surface area contributed by atoms with Crippen LogP contribution in [0.25, 0.3) is 0 Å². The summed E-state index contributed by atoms with van der Waals surface area (Å²) in [5.74, 6) is -3.00. The topological polar surface area (TPSA) is 66.4 Å². The maximum atomic E-state index is 13.7. The molecule has 0 aromatic heterocycles. The van der Waals surface area contributed by atoms with Gasteiger partial charge in [-0.2, -0.15) is 0 Å². The lowest BCUT2D eigenvalue weighted by atomic mass is 9.89. The van der Waals surface area contributed by atoms with Gasteiger partial charge in [-0.1, -0.05) is 13.0 Å². The molecule has 4 nitrogen and oxygen atoms in total. The highest BCUT2D eigenvalue weighted by atomic mass is 19.1. The number of nitrogens with one attached hydrogen (secondary N) is 1. The van der Waals surface area contributed by atoms with E-state index in [0.717, 1.165) is 12.1 Å². The van der Waals surface area contributed by atoms with Gasteiger partial charge in [0, 0.05) is 18.1 Å². The Labute approximate surface area is 122 Å². The molecule has 0 spiro atoms. The number of amides is 1. The molecule has 2 N–H and O–H groups in total. The van der Waals surface area contributed by atoms with Crippen LogP contribution in [0, 0.1) is 17.0 Å². The Bertz CT molecular complexity index is 544. The summed E-state index contributed by atoms with van der Waals surface area (Å²) in [6.07, 6.45) is 0.184. The number of carboxylic acid groups (broad SMARTS) is 1. The lowest BCUT2D eigenvalue weighted by Gasteiger charge is -2.22. The third-order valence-electron chi connectivity index (χ3n) is 3.26. The number of rotatable bonds is 6. The van der Waals surface area contributed by atoms with E-state index in [1.54, 1.807) is 6.92 Å². The minimum absolute atomic E-state index is 0.181. The van der Waals surface area contributed by atoms with Crippen molar-refractivity contribution in [3.8, 4) is 0 Å². The zero-order chi connectivity index (χ0) is 16.2. The molecule has 116 valence electrons. The summed E-state index contributed by atoms with van der Waals surface area (Å²) in [7, 11) is 0. The molecule has 0 aliphatic carbocycles. The standard InChI is InChI=1S/C15H19F2NO3/c1-4-12(10-6-5-9(16)7-11(10)17)18-13(19)8-15(2,3)14(20)21/h5-7,12H,4,8H2,1-3H3,(H,18,19)(H,20,21). The molecule has 0 aliphatic heterocycles. The summed E-state index contributed by atoms with van der Waals surface area (Å²) in [5.41, 5.74) is -1.02. The Morgan fingerprint density at radius 2 is 1.95 bits per heavy atom. The van der Waals surface area contributed by atoms with Crippen LogP contribution in [0.2, 0.25) is 0 Å². The van der Waals surface area contributed by atoms with Gasteiger partial charge in [0.25, 0.3) is 0 Å². The summed E-state index contributed by atoms with van der Waals surface area (Å²) >= 11 is 0. The molecule has 0 saturated heterocycles. The first-order valence-corrected chi connectivity index (χ1v) is 6.65. The van der Waals surface area contributed by atoms with Crippen molar-refractivity contribution in [3.63, 3.8) is 0 Å². The first-order chi connectivity index (χ1) is 9.67. The van der Waals surface area contributed by atoms with Crippen LogP contribution in [0.15, 0.2) is 18.2 Å². The maximum absolute atomic E-state index is 13.7. The van der Waals surface area contributed by atoms with Crippen molar-refractivity contribution in [2.75, 3.05) is 0 Å². The van der Waals surface area contributed by atoms with Gasteiger partial charge in [-0.25, -0.2) is 8.78 Å². The summed E-state index contributed by atoms with van der Waals surface area (Å²) in [5, 5.41) is 11.6. The first kappa shape index (κ1) is 17.1. The average molecular weight is 299 g/mol. The van der Waals surface area contributed by atoms with Crippen molar-refractivity contribution in [3.05, 3.63) is 35.4 Å². The smallest absolute Gasteiger partial charge is 0.309 e. The Kier molecular flexibility index (Phi) is 5.41. The van der Waals surface area contributed by atoms with Gasteiger partial charge >= 0.3 is 5.97 Å². The Hall–Kier alpha value is -1.98. The van der Waals surface area contributed by atoms with Crippen LogP contribution in [0.1, 0.15) is 45.2 Å². The van der Waals surface area contributed by atoms with Crippen molar-refractivity contribution in [2.45, 2.75) is 39.7 Å². The van der Waals surface area contributed by atoms with Crippen molar-refractivity contribution in [1.29, 1.82) is 0 Å². The summed E-state index contributed by atoms with van der Waals surface area (Å²) in [6.45, 7) is 4.62. The van der Waals surface area contributed by atoms with Crippen molar-refractivity contribution in [2.24, 2.45) is 5.41 Å². The molecule has 0 aliphatic rings. The van der Waals surface area contributed by atoms with Crippen LogP contribution in [0.5, 0.6) is 0 Å². The van der Waals surface area contributed by atoms with E-state index >= 15 is 0 Å². The van der Waals surface area contributed by atoms with E-state index in [1.165, 1.54) is 19.9 Å².